The molecular weight excluding hydrogens is 318 g/mol. The number of anilines is 1. The van der Waals surface area contributed by atoms with Crippen LogP contribution < -0.4 is 10.6 Å². The van der Waals surface area contributed by atoms with E-state index in [1.165, 1.54) is 0 Å². The number of benzene rings is 2. The van der Waals surface area contributed by atoms with Gasteiger partial charge in [-0.15, -0.1) is 11.3 Å². The van der Waals surface area contributed by atoms with Gasteiger partial charge in [0, 0.05) is 17.6 Å². The fourth-order valence-corrected chi connectivity index (χ4v) is 2.97. The molecule has 0 aliphatic rings. The van der Waals surface area contributed by atoms with Crippen molar-refractivity contribution in [2.45, 2.75) is 19.0 Å². The van der Waals surface area contributed by atoms with Gasteiger partial charge in [0.15, 0.2) is 0 Å². The van der Waals surface area contributed by atoms with Crippen LogP contribution in [0.5, 0.6) is 0 Å². The van der Waals surface area contributed by atoms with E-state index in [0.717, 1.165) is 16.9 Å². The molecule has 0 radical (unpaired) electrons. The van der Waals surface area contributed by atoms with E-state index in [4.69, 9.17) is 0 Å². The Morgan fingerprint density at radius 2 is 1.75 bits per heavy atom. The summed E-state index contributed by atoms with van der Waals surface area (Å²) in [6.07, 6.45) is 0.629. The molecule has 0 saturated carbocycles. The molecule has 2 N–H and O–H groups in total. The summed E-state index contributed by atoms with van der Waals surface area (Å²) in [6, 6.07) is 19.2. The summed E-state index contributed by atoms with van der Waals surface area (Å²) in [6.45, 7) is 0.573. The second-order valence-electron chi connectivity index (χ2n) is 5.46. The number of hydrogen-bond donors (Lipinski definition) is 2. The van der Waals surface area contributed by atoms with Crippen LogP contribution in [-0.4, -0.2) is 16.9 Å². The lowest BCUT2D eigenvalue weighted by Gasteiger charge is -2.18. The highest BCUT2D eigenvalue weighted by atomic mass is 32.1. The first-order valence-electron chi connectivity index (χ1n) is 7.81. The Morgan fingerprint density at radius 3 is 2.42 bits per heavy atom. The Balaban J connectivity index is 1.69. The molecule has 3 aromatic rings. The molecule has 3 rings (SSSR count). The minimum atomic E-state index is -0.325. The molecule has 5 heteroatoms. The van der Waals surface area contributed by atoms with Crippen molar-refractivity contribution in [1.82, 2.24) is 10.3 Å². The molecule has 0 saturated heterocycles. The van der Waals surface area contributed by atoms with Crippen LogP contribution in [0.25, 0.3) is 0 Å². The lowest BCUT2D eigenvalue weighted by molar-refractivity contribution is -0.118. The Labute approximate surface area is 145 Å². The molecule has 0 fully saturated rings. The molecule has 4 nitrogen and oxygen atoms in total. The van der Waals surface area contributed by atoms with Crippen molar-refractivity contribution in [1.29, 1.82) is 0 Å². The summed E-state index contributed by atoms with van der Waals surface area (Å²) < 4.78 is 0. The molecule has 2 aromatic carbocycles. The number of carbonyl (C=O) groups is 1. The molecule has 24 heavy (non-hydrogen) atoms. The zero-order chi connectivity index (χ0) is 16.6. The molecule has 122 valence electrons. The van der Waals surface area contributed by atoms with Crippen LogP contribution in [0.3, 0.4) is 0 Å². The Bertz CT molecular complexity index is 745. The number of carbonyl (C=O) groups excluding carboxylic acids is 1. The van der Waals surface area contributed by atoms with E-state index in [9.17, 15) is 4.79 Å². The monoisotopic (exact) mass is 337 g/mol. The van der Waals surface area contributed by atoms with E-state index in [0.29, 0.717) is 13.0 Å². The van der Waals surface area contributed by atoms with E-state index >= 15 is 0 Å². The highest BCUT2D eigenvalue weighted by molar-refractivity contribution is 7.07. The maximum Gasteiger partial charge on any atom is 0.241 e. The smallest absolute Gasteiger partial charge is 0.241 e. The second kappa shape index (κ2) is 8.38. The number of thiazole rings is 1. The summed E-state index contributed by atoms with van der Waals surface area (Å²) in [5.74, 6) is -0.0414. The number of rotatable bonds is 7. The zero-order valence-electron chi connectivity index (χ0n) is 13.2. The van der Waals surface area contributed by atoms with Crippen LogP contribution in [0.2, 0.25) is 0 Å². The molecular formula is C19H19N3OS. The summed E-state index contributed by atoms with van der Waals surface area (Å²) in [7, 11) is 0. The molecule has 0 aliphatic heterocycles. The first-order valence-corrected chi connectivity index (χ1v) is 8.76. The van der Waals surface area contributed by atoms with Gasteiger partial charge >= 0.3 is 0 Å². The third kappa shape index (κ3) is 4.75. The summed E-state index contributed by atoms with van der Waals surface area (Å²) in [5, 5.41) is 8.28. The van der Waals surface area contributed by atoms with Gasteiger partial charge in [0.1, 0.15) is 0 Å². The van der Waals surface area contributed by atoms with Gasteiger partial charge in [0.25, 0.3) is 0 Å². The van der Waals surface area contributed by atoms with Crippen LogP contribution in [0, 0.1) is 0 Å². The first kappa shape index (κ1) is 16.4. The molecule has 1 aromatic heterocycles. The van der Waals surface area contributed by atoms with Crippen LogP contribution in [0.15, 0.2) is 71.6 Å². The highest BCUT2D eigenvalue weighted by Crippen LogP contribution is 2.10. The molecule has 1 heterocycles. The summed E-state index contributed by atoms with van der Waals surface area (Å²) >= 11 is 1.55. The van der Waals surface area contributed by atoms with Gasteiger partial charge in [-0.1, -0.05) is 48.5 Å². The summed E-state index contributed by atoms with van der Waals surface area (Å²) in [5.41, 5.74) is 4.67. The SMILES string of the molecule is O=C(Nc1ccccc1)[C@H](Cc1ccccc1)NCc1cscn1. The van der Waals surface area contributed by atoms with Crippen LogP contribution in [-0.2, 0) is 17.8 Å². The third-order valence-electron chi connectivity index (χ3n) is 3.65. The van der Waals surface area contributed by atoms with Gasteiger partial charge in [0.2, 0.25) is 5.91 Å². The Hall–Kier alpha value is -2.50. The van der Waals surface area contributed by atoms with Crippen molar-refractivity contribution < 1.29 is 4.79 Å². The lowest BCUT2D eigenvalue weighted by atomic mass is 10.0. The first-order chi connectivity index (χ1) is 11.8. The molecule has 0 aliphatic carbocycles. The van der Waals surface area contributed by atoms with Gasteiger partial charge in [-0.3, -0.25) is 10.1 Å². The van der Waals surface area contributed by atoms with Crippen molar-refractivity contribution in [2.24, 2.45) is 0 Å². The summed E-state index contributed by atoms with van der Waals surface area (Å²) in [4.78, 5) is 16.9. The van der Waals surface area contributed by atoms with Gasteiger partial charge in [-0.05, 0) is 24.1 Å². The number of nitrogens with zero attached hydrogens (tertiary/aromatic N) is 1. The fraction of sp³-hybridized carbons (Fsp3) is 0.158. The lowest BCUT2D eigenvalue weighted by Crippen LogP contribution is -2.41. The predicted molar refractivity (Wildman–Crippen MR) is 98.0 cm³/mol. The number of aromatic nitrogens is 1. The van der Waals surface area contributed by atoms with Crippen molar-refractivity contribution in [3.63, 3.8) is 0 Å². The molecule has 1 atom stereocenters. The second-order valence-corrected chi connectivity index (χ2v) is 6.18. The average Bonchev–Trinajstić information content (AvgIpc) is 3.14. The highest BCUT2D eigenvalue weighted by Gasteiger charge is 2.19. The van der Waals surface area contributed by atoms with Crippen LogP contribution >= 0.6 is 11.3 Å². The van der Waals surface area contributed by atoms with E-state index < -0.39 is 0 Å². The van der Waals surface area contributed by atoms with E-state index in [1.54, 1.807) is 16.8 Å². The van der Waals surface area contributed by atoms with Gasteiger partial charge in [0.05, 0.1) is 17.2 Å². The Morgan fingerprint density at radius 1 is 1.04 bits per heavy atom. The Kier molecular flexibility index (Phi) is 5.71. The number of amides is 1. The zero-order valence-corrected chi connectivity index (χ0v) is 14.0. The normalized spacial score (nSPS) is 11.8. The van der Waals surface area contributed by atoms with Crippen molar-refractivity contribution in [3.8, 4) is 0 Å². The van der Waals surface area contributed by atoms with Crippen molar-refractivity contribution >= 4 is 22.9 Å². The standard InChI is InChI=1S/C19H19N3OS/c23-19(22-16-9-5-2-6-10-16)18(11-15-7-3-1-4-8-15)20-12-17-13-24-14-21-17/h1-10,13-14,18,20H,11-12H2,(H,22,23)/t18-/m0/s1. The molecule has 0 bridgehead atoms. The maximum absolute atomic E-state index is 12.7. The quantitative estimate of drug-likeness (QED) is 0.694. The minimum absolute atomic E-state index is 0.0414. The van der Waals surface area contributed by atoms with E-state index in [2.05, 4.69) is 15.6 Å². The van der Waals surface area contributed by atoms with E-state index in [-0.39, 0.29) is 11.9 Å². The number of hydrogen-bond acceptors (Lipinski definition) is 4. The minimum Gasteiger partial charge on any atom is -0.325 e. The fourth-order valence-electron chi connectivity index (χ4n) is 2.41. The topological polar surface area (TPSA) is 54.0 Å². The predicted octanol–water partition coefficient (Wildman–Crippen LogP) is 3.48. The largest absolute Gasteiger partial charge is 0.325 e. The average molecular weight is 337 g/mol. The molecule has 0 unspecified atom stereocenters. The molecule has 1 amide bonds. The van der Waals surface area contributed by atoms with Crippen LogP contribution in [0.1, 0.15) is 11.3 Å². The van der Waals surface area contributed by atoms with Gasteiger partial charge < -0.3 is 5.32 Å². The van der Waals surface area contributed by atoms with Gasteiger partial charge in [-0.2, -0.15) is 0 Å². The van der Waals surface area contributed by atoms with Crippen molar-refractivity contribution in [2.75, 3.05) is 5.32 Å². The van der Waals surface area contributed by atoms with Gasteiger partial charge in [-0.25, -0.2) is 4.98 Å². The molecule has 0 spiro atoms. The maximum atomic E-state index is 12.7. The number of nitrogens with one attached hydrogen (secondary N) is 2. The van der Waals surface area contributed by atoms with Crippen molar-refractivity contribution in [3.05, 3.63) is 82.8 Å². The van der Waals surface area contributed by atoms with E-state index in [1.807, 2.05) is 66.0 Å². The van der Waals surface area contributed by atoms with Crippen LogP contribution in [0.4, 0.5) is 5.69 Å². The third-order valence-corrected chi connectivity index (χ3v) is 4.29. The number of para-hydroxylation sites is 1.